The predicted octanol–water partition coefficient (Wildman–Crippen LogP) is 1.05. The molecule has 1 rings (SSSR count). The van der Waals surface area contributed by atoms with Gasteiger partial charge in [-0.3, -0.25) is 9.79 Å². The topological polar surface area (TPSA) is 92.8 Å². The fourth-order valence-electron chi connectivity index (χ4n) is 1.20. The lowest BCUT2D eigenvalue weighted by Gasteiger charge is -2.08. The molecule has 6 heteroatoms. The van der Waals surface area contributed by atoms with Crippen molar-refractivity contribution in [2.24, 2.45) is 5.73 Å². The van der Waals surface area contributed by atoms with Crippen LogP contribution in [0.3, 0.4) is 0 Å². The van der Waals surface area contributed by atoms with E-state index in [1.165, 1.54) is 12.1 Å². The van der Waals surface area contributed by atoms with E-state index >= 15 is 0 Å². The van der Waals surface area contributed by atoms with E-state index in [9.17, 15) is 4.57 Å². The Morgan fingerprint density at radius 3 is 2.33 bits per heavy atom. The van der Waals surface area contributed by atoms with Crippen molar-refractivity contribution in [1.82, 2.24) is 0 Å². The molecule has 0 amide bonds. The zero-order valence-electron chi connectivity index (χ0n) is 8.33. The molecule has 0 saturated carbocycles. The van der Waals surface area contributed by atoms with Crippen LogP contribution in [0.2, 0.25) is 0 Å². The molecule has 0 spiro atoms. The zero-order chi connectivity index (χ0) is 11.5. The van der Waals surface area contributed by atoms with Gasteiger partial charge in [0.15, 0.2) is 0 Å². The van der Waals surface area contributed by atoms with Crippen LogP contribution in [0.5, 0.6) is 5.75 Å². The molecule has 0 saturated heterocycles. The third kappa shape index (κ3) is 4.95. The largest absolute Gasteiger partial charge is 0.524 e. The molecule has 0 aliphatic carbocycles. The Morgan fingerprint density at radius 1 is 1.40 bits per heavy atom. The average Bonchev–Trinajstić information content (AvgIpc) is 2.05. The molecular formula is C9H14NO4P. The second-order valence-corrected chi connectivity index (χ2v) is 4.57. The molecule has 0 aromatic heterocycles. The van der Waals surface area contributed by atoms with E-state index < -0.39 is 7.82 Å². The molecule has 0 bridgehead atoms. The minimum absolute atomic E-state index is 0.0542. The number of phosphoric acid groups is 1. The first-order valence-electron chi connectivity index (χ1n) is 4.46. The number of hydrogen-bond acceptors (Lipinski definition) is 3. The maximum absolute atomic E-state index is 10.5. The number of rotatable bonds is 4. The lowest BCUT2D eigenvalue weighted by atomic mass is 10.1. The summed E-state index contributed by atoms with van der Waals surface area (Å²) >= 11 is 0. The number of phosphoric ester groups is 1. The summed E-state index contributed by atoms with van der Waals surface area (Å²) in [7, 11) is -4.45. The quantitative estimate of drug-likeness (QED) is 0.673. The van der Waals surface area contributed by atoms with Crippen LogP contribution in [0.15, 0.2) is 24.3 Å². The van der Waals surface area contributed by atoms with Crippen LogP contribution in [0.4, 0.5) is 0 Å². The molecule has 0 unspecified atom stereocenters. The molecule has 4 N–H and O–H groups in total. The van der Waals surface area contributed by atoms with Crippen molar-refractivity contribution in [2.75, 3.05) is 0 Å². The van der Waals surface area contributed by atoms with Gasteiger partial charge >= 0.3 is 7.82 Å². The second kappa shape index (κ2) is 4.77. The maximum Gasteiger partial charge on any atom is 0.524 e. The van der Waals surface area contributed by atoms with Crippen molar-refractivity contribution in [3.05, 3.63) is 29.8 Å². The molecule has 0 aliphatic heterocycles. The Labute approximate surface area is 88.1 Å². The summed E-state index contributed by atoms with van der Waals surface area (Å²) < 4.78 is 14.9. The summed E-state index contributed by atoms with van der Waals surface area (Å²) in [6.45, 7) is 1.89. The highest BCUT2D eigenvalue weighted by Gasteiger charge is 2.15. The van der Waals surface area contributed by atoms with Crippen molar-refractivity contribution in [2.45, 2.75) is 19.4 Å². The predicted molar refractivity (Wildman–Crippen MR) is 56.5 cm³/mol. The molecular weight excluding hydrogens is 217 g/mol. The normalized spacial score (nSPS) is 13.6. The summed E-state index contributed by atoms with van der Waals surface area (Å²) in [4.78, 5) is 17.1. The summed E-state index contributed by atoms with van der Waals surface area (Å²) in [5, 5.41) is 0. The van der Waals surface area contributed by atoms with Crippen LogP contribution in [-0.4, -0.2) is 15.8 Å². The van der Waals surface area contributed by atoms with E-state index in [0.29, 0.717) is 0 Å². The van der Waals surface area contributed by atoms with Gasteiger partial charge in [0.25, 0.3) is 0 Å². The highest BCUT2D eigenvalue weighted by molar-refractivity contribution is 7.46. The number of benzene rings is 1. The molecule has 84 valence electrons. The highest BCUT2D eigenvalue weighted by Crippen LogP contribution is 2.37. The lowest BCUT2D eigenvalue weighted by Crippen LogP contribution is -2.17. The van der Waals surface area contributed by atoms with Crippen LogP contribution >= 0.6 is 7.82 Å². The van der Waals surface area contributed by atoms with E-state index in [1.54, 1.807) is 12.1 Å². The molecule has 1 aromatic rings. The molecule has 1 atom stereocenters. The van der Waals surface area contributed by atoms with Gasteiger partial charge in [0, 0.05) is 6.04 Å². The first kappa shape index (κ1) is 12.2. The molecule has 1 aromatic carbocycles. The molecule has 0 aliphatic rings. The van der Waals surface area contributed by atoms with Gasteiger partial charge in [-0.05, 0) is 31.0 Å². The van der Waals surface area contributed by atoms with Crippen molar-refractivity contribution in [1.29, 1.82) is 0 Å². The molecule has 0 radical (unpaired) electrons. The van der Waals surface area contributed by atoms with Gasteiger partial charge in [0.2, 0.25) is 0 Å². The summed E-state index contributed by atoms with van der Waals surface area (Å²) in [6, 6.07) is 6.54. The second-order valence-electron chi connectivity index (χ2n) is 3.41. The smallest absolute Gasteiger partial charge is 0.404 e. The van der Waals surface area contributed by atoms with Crippen LogP contribution < -0.4 is 10.3 Å². The summed E-state index contributed by atoms with van der Waals surface area (Å²) in [6.07, 6.45) is 0.718. The van der Waals surface area contributed by atoms with E-state index in [4.69, 9.17) is 15.5 Å². The van der Waals surface area contributed by atoms with Crippen molar-refractivity contribution < 1.29 is 18.9 Å². The first-order chi connectivity index (χ1) is 6.87. The van der Waals surface area contributed by atoms with Crippen molar-refractivity contribution in [3.8, 4) is 5.75 Å². The fourth-order valence-corrected chi connectivity index (χ4v) is 1.59. The van der Waals surface area contributed by atoms with E-state index in [-0.39, 0.29) is 11.8 Å². The van der Waals surface area contributed by atoms with Gasteiger partial charge in [-0.2, -0.15) is 0 Å². The first-order valence-corrected chi connectivity index (χ1v) is 5.99. The Morgan fingerprint density at radius 2 is 1.93 bits per heavy atom. The number of nitrogens with two attached hydrogens (primary N) is 1. The van der Waals surface area contributed by atoms with Crippen LogP contribution in [-0.2, 0) is 11.0 Å². The van der Waals surface area contributed by atoms with Gasteiger partial charge in [0.1, 0.15) is 5.75 Å². The zero-order valence-corrected chi connectivity index (χ0v) is 9.22. The van der Waals surface area contributed by atoms with Crippen molar-refractivity contribution >= 4 is 7.82 Å². The molecule has 0 fully saturated rings. The van der Waals surface area contributed by atoms with Crippen molar-refractivity contribution in [3.63, 3.8) is 0 Å². The molecule has 5 nitrogen and oxygen atoms in total. The van der Waals surface area contributed by atoms with E-state index in [0.717, 1.165) is 12.0 Å². The van der Waals surface area contributed by atoms with Gasteiger partial charge in [-0.15, -0.1) is 0 Å². The van der Waals surface area contributed by atoms with Crippen LogP contribution in [0.1, 0.15) is 12.5 Å². The standard InChI is InChI=1S/C9H14NO4P/c1-7(10)6-8-2-4-9(5-3-8)14-15(11,12)13/h2-5,7H,6,10H2,1H3,(H2,11,12,13)/t7-/m1/s1. The fraction of sp³-hybridized carbons (Fsp3) is 0.333. The molecule has 15 heavy (non-hydrogen) atoms. The van der Waals surface area contributed by atoms with Crippen LogP contribution in [0, 0.1) is 0 Å². The summed E-state index contributed by atoms with van der Waals surface area (Å²) in [5.74, 6) is 0.150. The Kier molecular flexibility index (Phi) is 3.88. The Balaban J connectivity index is 2.68. The van der Waals surface area contributed by atoms with Gasteiger partial charge < -0.3 is 10.3 Å². The third-order valence-corrected chi connectivity index (χ3v) is 2.15. The Hall–Kier alpha value is -0.870. The van der Waals surface area contributed by atoms with Gasteiger partial charge in [-0.25, -0.2) is 4.57 Å². The number of hydrogen-bond donors (Lipinski definition) is 3. The average molecular weight is 231 g/mol. The van der Waals surface area contributed by atoms with E-state index in [2.05, 4.69) is 4.52 Å². The molecule has 0 heterocycles. The Bertz CT molecular complexity index is 357. The highest BCUT2D eigenvalue weighted by atomic mass is 31.2. The monoisotopic (exact) mass is 231 g/mol. The van der Waals surface area contributed by atoms with Gasteiger partial charge in [0.05, 0.1) is 0 Å². The van der Waals surface area contributed by atoms with Crippen LogP contribution in [0.25, 0.3) is 0 Å². The third-order valence-electron chi connectivity index (χ3n) is 1.71. The lowest BCUT2D eigenvalue weighted by molar-refractivity contribution is 0.283. The minimum atomic E-state index is -4.45. The van der Waals surface area contributed by atoms with Gasteiger partial charge in [-0.1, -0.05) is 12.1 Å². The summed E-state index contributed by atoms with van der Waals surface area (Å²) in [5.41, 5.74) is 6.61. The SMILES string of the molecule is C[C@@H](N)Cc1ccc(OP(=O)(O)O)cc1. The maximum atomic E-state index is 10.5. The minimum Gasteiger partial charge on any atom is -0.404 e. The van der Waals surface area contributed by atoms with E-state index in [1.807, 2.05) is 6.92 Å².